The maximum absolute atomic E-state index is 12.2. The molecule has 4 heteroatoms. The van der Waals surface area contributed by atoms with Gasteiger partial charge in [0.25, 0.3) is 0 Å². The fraction of sp³-hybridized carbons (Fsp3) is 0.350. The zero-order valence-corrected chi connectivity index (χ0v) is 13.7. The van der Waals surface area contributed by atoms with Crippen LogP contribution in [0.25, 0.3) is 0 Å². The van der Waals surface area contributed by atoms with E-state index in [-0.39, 0.29) is 25.0 Å². The lowest BCUT2D eigenvalue weighted by Crippen LogP contribution is -2.34. The average Bonchev–Trinajstić information content (AvgIpc) is 2.61. The van der Waals surface area contributed by atoms with Crippen molar-refractivity contribution in [2.24, 2.45) is 0 Å². The number of benzene rings is 2. The SMILES string of the molecule is O=C(C[C@H]1OCCc2ccccc21)NC[C@H](O)Cc1ccccc1. The molecule has 2 aromatic rings. The molecule has 3 rings (SSSR count). The summed E-state index contributed by atoms with van der Waals surface area (Å²) >= 11 is 0. The minimum Gasteiger partial charge on any atom is -0.391 e. The van der Waals surface area contributed by atoms with Gasteiger partial charge in [0.15, 0.2) is 0 Å². The highest BCUT2D eigenvalue weighted by atomic mass is 16.5. The molecule has 0 aromatic heterocycles. The topological polar surface area (TPSA) is 58.6 Å². The van der Waals surface area contributed by atoms with Crippen molar-refractivity contribution in [1.82, 2.24) is 5.32 Å². The maximum atomic E-state index is 12.2. The van der Waals surface area contributed by atoms with Crippen LogP contribution in [0.15, 0.2) is 54.6 Å². The molecule has 0 unspecified atom stereocenters. The monoisotopic (exact) mass is 325 g/mol. The van der Waals surface area contributed by atoms with E-state index in [0.29, 0.717) is 13.0 Å². The number of rotatable bonds is 6. The van der Waals surface area contributed by atoms with Crippen LogP contribution in [0.3, 0.4) is 0 Å². The van der Waals surface area contributed by atoms with Crippen molar-refractivity contribution in [3.05, 3.63) is 71.3 Å². The molecule has 0 aliphatic carbocycles. The minimum atomic E-state index is -0.587. The summed E-state index contributed by atoms with van der Waals surface area (Å²) in [6.07, 6.45) is 0.931. The van der Waals surface area contributed by atoms with Crippen molar-refractivity contribution in [2.45, 2.75) is 31.5 Å². The first kappa shape index (κ1) is 16.7. The third-order valence-corrected chi connectivity index (χ3v) is 4.31. The molecular weight excluding hydrogens is 302 g/mol. The number of amides is 1. The van der Waals surface area contributed by atoms with Gasteiger partial charge in [-0.1, -0.05) is 54.6 Å². The number of aliphatic hydroxyl groups is 1. The van der Waals surface area contributed by atoms with E-state index >= 15 is 0 Å². The van der Waals surface area contributed by atoms with Crippen molar-refractivity contribution >= 4 is 5.91 Å². The molecule has 1 aliphatic rings. The summed E-state index contributed by atoms with van der Waals surface area (Å²) in [6.45, 7) is 0.897. The number of ether oxygens (including phenoxy) is 1. The van der Waals surface area contributed by atoms with Gasteiger partial charge in [-0.2, -0.15) is 0 Å². The van der Waals surface area contributed by atoms with Gasteiger partial charge in [0.05, 0.1) is 25.2 Å². The molecule has 2 aromatic carbocycles. The van der Waals surface area contributed by atoms with Crippen molar-refractivity contribution in [1.29, 1.82) is 0 Å². The maximum Gasteiger partial charge on any atom is 0.223 e. The molecule has 0 fully saturated rings. The van der Waals surface area contributed by atoms with E-state index in [1.54, 1.807) is 0 Å². The smallest absolute Gasteiger partial charge is 0.223 e. The molecule has 0 saturated carbocycles. The Hall–Kier alpha value is -2.17. The van der Waals surface area contributed by atoms with E-state index in [1.807, 2.05) is 48.5 Å². The third kappa shape index (κ3) is 4.43. The van der Waals surface area contributed by atoms with Gasteiger partial charge >= 0.3 is 0 Å². The van der Waals surface area contributed by atoms with Crippen LogP contribution >= 0.6 is 0 Å². The van der Waals surface area contributed by atoms with Gasteiger partial charge in [-0.15, -0.1) is 0 Å². The molecule has 0 saturated heterocycles. The molecule has 0 radical (unpaired) electrons. The van der Waals surface area contributed by atoms with Gasteiger partial charge < -0.3 is 15.2 Å². The molecule has 0 bridgehead atoms. The van der Waals surface area contributed by atoms with Crippen LogP contribution in [-0.2, 0) is 22.4 Å². The van der Waals surface area contributed by atoms with Gasteiger partial charge in [0.2, 0.25) is 5.91 Å². The van der Waals surface area contributed by atoms with Gasteiger partial charge in [-0.25, -0.2) is 0 Å². The zero-order chi connectivity index (χ0) is 16.8. The molecule has 4 nitrogen and oxygen atoms in total. The zero-order valence-electron chi connectivity index (χ0n) is 13.7. The Morgan fingerprint density at radius 2 is 1.92 bits per heavy atom. The Balaban J connectivity index is 1.48. The Bertz CT molecular complexity index is 672. The van der Waals surface area contributed by atoms with Crippen molar-refractivity contribution in [3.63, 3.8) is 0 Å². The molecule has 2 atom stereocenters. The summed E-state index contributed by atoms with van der Waals surface area (Å²) in [5, 5.41) is 12.9. The second-order valence-electron chi connectivity index (χ2n) is 6.16. The standard InChI is InChI=1S/C20H23NO3/c22-17(12-15-6-2-1-3-7-15)14-21-20(23)13-19-18-9-5-4-8-16(18)10-11-24-19/h1-9,17,19,22H,10-14H2,(H,21,23)/t17-,19-/m1/s1. The van der Waals surface area contributed by atoms with Gasteiger partial charge in [0.1, 0.15) is 0 Å². The number of carbonyl (C=O) groups excluding carboxylic acids is 1. The fourth-order valence-electron chi connectivity index (χ4n) is 3.08. The molecule has 1 aliphatic heterocycles. The number of aliphatic hydroxyl groups excluding tert-OH is 1. The van der Waals surface area contributed by atoms with Gasteiger partial charge in [-0.05, 0) is 23.1 Å². The molecule has 1 heterocycles. The summed E-state index contributed by atoms with van der Waals surface area (Å²) in [5.74, 6) is -0.0937. The van der Waals surface area contributed by atoms with E-state index < -0.39 is 6.10 Å². The number of fused-ring (bicyclic) bond motifs is 1. The van der Waals surface area contributed by atoms with Gasteiger partial charge in [-0.3, -0.25) is 4.79 Å². The van der Waals surface area contributed by atoms with Crippen LogP contribution in [0.4, 0.5) is 0 Å². The normalized spacial score (nSPS) is 17.8. The summed E-state index contributed by atoms with van der Waals surface area (Å²) < 4.78 is 5.75. The van der Waals surface area contributed by atoms with Crippen LogP contribution in [0.5, 0.6) is 0 Å². The summed E-state index contributed by atoms with van der Waals surface area (Å²) in [6, 6.07) is 17.9. The molecule has 24 heavy (non-hydrogen) atoms. The highest BCUT2D eigenvalue weighted by Crippen LogP contribution is 2.29. The second kappa shape index (κ2) is 8.08. The van der Waals surface area contributed by atoms with E-state index in [4.69, 9.17) is 4.74 Å². The Morgan fingerprint density at radius 3 is 2.75 bits per heavy atom. The van der Waals surface area contributed by atoms with Crippen LogP contribution < -0.4 is 5.32 Å². The third-order valence-electron chi connectivity index (χ3n) is 4.31. The lowest BCUT2D eigenvalue weighted by Gasteiger charge is -2.25. The first-order chi connectivity index (χ1) is 11.7. The summed E-state index contributed by atoms with van der Waals surface area (Å²) in [4.78, 5) is 12.2. The van der Waals surface area contributed by atoms with Gasteiger partial charge in [0, 0.05) is 13.0 Å². The van der Waals surface area contributed by atoms with E-state index in [2.05, 4.69) is 11.4 Å². The second-order valence-corrected chi connectivity index (χ2v) is 6.16. The summed E-state index contributed by atoms with van der Waals surface area (Å²) in [7, 11) is 0. The first-order valence-electron chi connectivity index (χ1n) is 8.40. The largest absolute Gasteiger partial charge is 0.391 e. The van der Waals surface area contributed by atoms with E-state index in [0.717, 1.165) is 17.5 Å². The quantitative estimate of drug-likeness (QED) is 0.857. The van der Waals surface area contributed by atoms with E-state index in [1.165, 1.54) is 5.56 Å². The number of carbonyl (C=O) groups is 1. The van der Waals surface area contributed by atoms with E-state index in [9.17, 15) is 9.90 Å². The number of hydrogen-bond donors (Lipinski definition) is 2. The van der Waals surface area contributed by atoms with Crippen molar-refractivity contribution in [3.8, 4) is 0 Å². The lowest BCUT2D eigenvalue weighted by atomic mass is 9.95. The predicted molar refractivity (Wildman–Crippen MR) is 92.6 cm³/mol. The predicted octanol–water partition coefficient (Wildman–Crippen LogP) is 2.41. The molecule has 0 spiro atoms. The Morgan fingerprint density at radius 1 is 1.17 bits per heavy atom. The first-order valence-corrected chi connectivity index (χ1v) is 8.40. The fourth-order valence-corrected chi connectivity index (χ4v) is 3.08. The van der Waals surface area contributed by atoms with Crippen molar-refractivity contribution in [2.75, 3.05) is 13.2 Å². The van der Waals surface area contributed by atoms with Crippen molar-refractivity contribution < 1.29 is 14.6 Å². The molecule has 1 amide bonds. The number of hydrogen-bond acceptors (Lipinski definition) is 3. The number of nitrogens with one attached hydrogen (secondary N) is 1. The molecule has 2 N–H and O–H groups in total. The highest BCUT2D eigenvalue weighted by Gasteiger charge is 2.23. The minimum absolute atomic E-state index is 0.0937. The lowest BCUT2D eigenvalue weighted by molar-refractivity contribution is -0.124. The Labute approximate surface area is 142 Å². The average molecular weight is 325 g/mol. The molecular formula is C20H23NO3. The van der Waals surface area contributed by atoms with Crippen LogP contribution in [0.1, 0.15) is 29.2 Å². The summed E-state index contributed by atoms with van der Waals surface area (Å²) in [5.41, 5.74) is 3.41. The van der Waals surface area contributed by atoms with Crippen LogP contribution in [0, 0.1) is 0 Å². The van der Waals surface area contributed by atoms with Crippen LogP contribution in [0.2, 0.25) is 0 Å². The van der Waals surface area contributed by atoms with Crippen LogP contribution in [-0.4, -0.2) is 30.3 Å². The molecule has 126 valence electrons. The Kier molecular flexibility index (Phi) is 5.62. The highest BCUT2D eigenvalue weighted by molar-refractivity contribution is 5.76.